The molecule has 0 N–H and O–H groups in total. The van der Waals surface area contributed by atoms with Crippen LogP contribution in [0.1, 0.15) is 32.6 Å². The molecule has 54 valence electrons. The van der Waals surface area contributed by atoms with Crippen molar-refractivity contribution in [3.8, 4) is 0 Å². The van der Waals surface area contributed by atoms with Gasteiger partial charge in [-0.15, -0.1) is 0 Å². The summed E-state index contributed by atoms with van der Waals surface area (Å²) in [6.45, 7) is 3.61. The van der Waals surface area contributed by atoms with Gasteiger partial charge in [-0.1, -0.05) is 12.8 Å². The zero-order valence-corrected chi connectivity index (χ0v) is 8.10. The van der Waals surface area contributed by atoms with Gasteiger partial charge in [0.2, 0.25) is 0 Å². The third kappa shape index (κ3) is 2.42. The van der Waals surface area contributed by atoms with Crippen molar-refractivity contribution in [2.24, 2.45) is 0 Å². The second kappa shape index (κ2) is 3.76. The Morgan fingerprint density at radius 3 is 2.89 bits per heavy atom. The summed E-state index contributed by atoms with van der Waals surface area (Å²) >= 11 is 2.44. The van der Waals surface area contributed by atoms with Crippen molar-refractivity contribution in [1.29, 1.82) is 0 Å². The molecule has 0 aromatic heterocycles. The lowest BCUT2D eigenvalue weighted by molar-refractivity contribution is 0.412. The molecule has 1 fully saturated rings. The topological polar surface area (TPSA) is 3.24 Å². The van der Waals surface area contributed by atoms with E-state index in [-0.39, 0.29) is 0 Å². The van der Waals surface area contributed by atoms with Crippen LogP contribution in [-0.4, -0.2) is 15.7 Å². The van der Waals surface area contributed by atoms with Crippen LogP contribution in [0.2, 0.25) is 0 Å². The maximum Gasteiger partial charge on any atom is 0.0204 e. The highest BCUT2D eigenvalue weighted by Gasteiger charge is 2.12. The minimum Gasteiger partial charge on any atom is -0.245 e. The summed E-state index contributed by atoms with van der Waals surface area (Å²) in [6, 6.07) is 0.813. The Morgan fingerprint density at radius 1 is 1.33 bits per heavy atom. The second-order valence-electron chi connectivity index (χ2n) is 2.82. The van der Waals surface area contributed by atoms with Gasteiger partial charge in [0, 0.05) is 35.5 Å². The Hall–Kier alpha value is 0.690. The van der Waals surface area contributed by atoms with Crippen LogP contribution in [0.5, 0.6) is 0 Å². The minimum atomic E-state index is 0.813. The van der Waals surface area contributed by atoms with E-state index in [4.69, 9.17) is 0 Å². The molecular formula is C7H14IN. The molecule has 1 rings (SSSR count). The van der Waals surface area contributed by atoms with Crippen molar-refractivity contribution in [3.05, 3.63) is 0 Å². The Bertz CT molecular complexity index is 75.0. The van der Waals surface area contributed by atoms with E-state index >= 15 is 0 Å². The molecule has 0 amide bonds. The molecular weight excluding hydrogens is 225 g/mol. The van der Waals surface area contributed by atoms with Crippen LogP contribution < -0.4 is 0 Å². The average Bonchev–Trinajstić information content (AvgIpc) is 1.99. The lowest BCUT2D eigenvalue weighted by Crippen LogP contribution is -2.21. The number of nitrogens with zero attached hydrogens (tertiary/aromatic N) is 1. The van der Waals surface area contributed by atoms with Crippen LogP contribution >= 0.6 is 22.9 Å². The minimum absolute atomic E-state index is 0.813. The van der Waals surface area contributed by atoms with Crippen LogP contribution in [0.15, 0.2) is 0 Å². The van der Waals surface area contributed by atoms with E-state index in [0.717, 1.165) is 6.04 Å². The zero-order chi connectivity index (χ0) is 6.69. The lowest BCUT2D eigenvalue weighted by Gasteiger charge is -2.17. The second-order valence-corrected chi connectivity index (χ2v) is 4.06. The Morgan fingerprint density at radius 2 is 2.11 bits per heavy atom. The van der Waals surface area contributed by atoms with Gasteiger partial charge < -0.3 is 0 Å². The van der Waals surface area contributed by atoms with E-state index in [1.54, 1.807) is 0 Å². The van der Waals surface area contributed by atoms with Crippen LogP contribution in [0.25, 0.3) is 0 Å². The molecule has 1 atom stereocenters. The van der Waals surface area contributed by atoms with Crippen molar-refractivity contribution >= 4 is 22.9 Å². The largest absolute Gasteiger partial charge is 0.245 e. The Balaban J connectivity index is 2.32. The molecule has 1 nitrogen and oxygen atoms in total. The third-order valence-electron chi connectivity index (χ3n) is 1.97. The molecule has 1 aliphatic heterocycles. The van der Waals surface area contributed by atoms with Gasteiger partial charge in [0.05, 0.1) is 0 Å². The molecule has 0 radical (unpaired) electrons. The Labute approximate surface area is 71.3 Å². The number of rotatable bonds is 0. The van der Waals surface area contributed by atoms with E-state index in [9.17, 15) is 0 Å². The highest BCUT2D eigenvalue weighted by Crippen LogP contribution is 2.18. The summed E-state index contributed by atoms with van der Waals surface area (Å²) in [5.74, 6) is 0. The number of hydrogen-bond donors (Lipinski definition) is 0. The predicted molar refractivity (Wildman–Crippen MR) is 48.7 cm³/mol. The number of halogens is 1. The van der Waals surface area contributed by atoms with Crippen LogP contribution in [0.4, 0.5) is 0 Å². The van der Waals surface area contributed by atoms with Crippen molar-refractivity contribution in [1.82, 2.24) is 3.11 Å². The van der Waals surface area contributed by atoms with Crippen molar-refractivity contribution in [2.75, 3.05) is 6.54 Å². The van der Waals surface area contributed by atoms with Crippen molar-refractivity contribution in [3.63, 3.8) is 0 Å². The molecule has 0 spiro atoms. The standard InChI is InChI=1S/C7H14IN/c1-7-5-3-2-4-6-9(7)8/h7H,2-6H2,1H3. The van der Waals surface area contributed by atoms with Gasteiger partial charge in [-0.2, -0.15) is 0 Å². The normalized spacial score (nSPS) is 32.0. The van der Waals surface area contributed by atoms with Gasteiger partial charge in [-0.3, -0.25) is 0 Å². The first-order valence-electron chi connectivity index (χ1n) is 3.73. The Kier molecular flexibility index (Phi) is 3.26. The quantitative estimate of drug-likeness (QED) is 0.464. The van der Waals surface area contributed by atoms with Gasteiger partial charge in [0.25, 0.3) is 0 Å². The van der Waals surface area contributed by atoms with E-state index in [1.807, 2.05) is 0 Å². The molecule has 1 heterocycles. The first-order valence-corrected chi connectivity index (χ1v) is 4.69. The fraction of sp³-hybridized carbons (Fsp3) is 1.00. The molecule has 1 unspecified atom stereocenters. The van der Waals surface area contributed by atoms with Crippen LogP contribution in [-0.2, 0) is 0 Å². The highest BCUT2D eigenvalue weighted by atomic mass is 127. The third-order valence-corrected chi connectivity index (χ3v) is 3.41. The molecule has 1 aliphatic rings. The van der Waals surface area contributed by atoms with E-state index in [1.165, 1.54) is 32.2 Å². The predicted octanol–water partition coefficient (Wildman–Crippen LogP) is 2.60. The smallest absolute Gasteiger partial charge is 0.0204 e. The van der Waals surface area contributed by atoms with Crippen LogP contribution in [0, 0.1) is 0 Å². The van der Waals surface area contributed by atoms with E-state index < -0.39 is 0 Å². The van der Waals surface area contributed by atoms with Crippen molar-refractivity contribution in [2.45, 2.75) is 38.6 Å². The molecule has 0 aliphatic carbocycles. The molecule has 1 saturated heterocycles. The molecule has 9 heavy (non-hydrogen) atoms. The molecule has 0 aromatic rings. The first kappa shape index (κ1) is 7.79. The van der Waals surface area contributed by atoms with E-state index in [2.05, 4.69) is 32.9 Å². The first-order chi connectivity index (χ1) is 4.30. The van der Waals surface area contributed by atoms with Gasteiger partial charge in [0.1, 0.15) is 0 Å². The molecule has 0 saturated carbocycles. The summed E-state index contributed by atoms with van der Waals surface area (Å²) < 4.78 is 2.44. The fourth-order valence-electron chi connectivity index (χ4n) is 1.24. The molecule has 0 aromatic carbocycles. The highest BCUT2D eigenvalue weighted by molar-refractivity contribution is 14.1. The lowest BCUT2D eigenvalue weighted by atomic mass is 10.1. The summed E-state index contributed by atoms with van der Waals surface area (Å²) in [6.07, 6.45) is 5.65. The summed E-state index contributed by atoms with van der Waals surface area (Å²) in [5, 5.41) is 0. The summed E-state index contributed by atoms with van der Waals surface area (Å²) in [5.41, 5.74) is 0. The molecule has 0 bridgehead atoms. The van der Waals surface area contributed by atoms with Gasteiger partial charge in [-0.05, 0) is 19.8 Å². The zero-order valence-electron chi connectivity index (χ0n) is 5.94. The number of hydrogen-bond acceptors (Lipinski definition) is 1. The average molecular weight is 239 g/mol. The van der Waals surface area contributed by atoms with Gasteiger partial charge >= 0.3 is 0 Å². The maximum absolute atomic E-state index is 2.44. The van der Waals surface area contributed by atoms with Crippen molar-refractivity contribution < 1.29 is 0 Å². The van der Waals surface area contributed by atoms with Gasteiger partial charge in [-0.25, -0.2) is 3.11 Å². The van der Waals surface area contributed by atoms with Crippen LogP contribution in [0.3, 0.4) is 0 Å². The SMILES string of the molecule is CC1CCCCCN1I. The molecule has 2 heteroatoms. The fourth-order valence-corrected chi connectivity index (χ4v) is 1.86. The van der Waals surface area contributed by atoms with E-state index in [0.29, 0.717) is 0 Å². The summed E-state index contributed by atoms with van der Waals surface area (Å²) in [4.78, 5) is 0. The maximum atomic E-state index is 2.44. The van der Waals surface area contributed by atoms with Gasteiger partial charge in [0.15, 0.2) is 0 Å². The monoisotopic (exact) mass is 239 g/mol. The summed E-state index contributed by atoms with van der Waals surface area (Å²) in [7, 11) is 0.